The van der Waals surface area contributed by atoms with E-state index in [0.717, 1.165) is 12.1 Å². The van der Waals surface area contributed by atoms with Gasteiger partial charge >= 0.3 is 0 Å². The molecular weight excluding hydrogens is 364 g/mol. The Morgan fingerprint density at radius 2 is 1.78 bits per heavy atom. The number of rotatable bonds is 8. The van der Waals surface area contributed by atoms with Gasteiger partial charge in [-0.3, -0.25) is 0 Å². The quantitative estimate of drug-likeness (QED) is 0.517. The second-order valence-electron chi connectivity index (χ2n) is 7.60. The smallest absolute Gasteiger partial charge is 0.242 e. The number of benzene rings is 1. The molecule has 154 valence electrons. The summed E-state index contributed by atoms with van der Waals surface area (Å²) in [6.07, 6.45) is 0.0527. The van der Waals surface area contributed by atoms with E-state index in [2.05, 4.69) is 36.4 Å². The molecule has 0 fully saturated rings. The molecule has 8 heteroatoms. The van der Waals surface area contributed by atoms with Crippen LogP contribution in [-0.4, -0.2) is 59.1 Å². The van der Waals surface area contributed by atoms with Gasteiger partial charge in [0, 0.05) is 34.3 Å². The number of nitrogens with zero attached hydrogens (tertiary/aromatic N) is 2. The average molecular weight is 399 g/mol. The highest BCUT2D eigenvalue weighted by molar-refractivity contribution is 7.89. The van der Waals surface area contributed by atoms with E-state index in [1.54, 1.807) is 31.4 Å². The lowest BCUT2D eigenvalue weighted by Gasteiger charge is -2.30. The molecule has 0 radical (unpaired) electrons. The third kappa shape index (κ3) is 7.12. The van der Waals surface area contributed by atoms with Crippen LogP contribution in [0.2, 0.25) is 0 Å². The SMILES string of the molecule is CCNC(=NCc1ccc(S(=O)(=O)N(C)C)cc1)NCC(OC)C(C)(C)C. The normalized spacial score (nSPS) is 14.3. The summed E-state index contributed by atoms with van der Waals surface area (Å²) in [5.74, 6) is 0.703. The van der Waals surface area contributed by atoms with Crippen LogP contribution in [0.1, 0.15) is 33.3 Å². The molecule has 1 aromatic carbocycles. The summed E-state index contributed by atoms with van der Waals surface area (Å²) < 4.78 is 31.0. The molecule has 7 nitrogen and oxygen atoms in total. The molecule has 0 saturated heterocycles. The molecule has 2 N–H and O–H groups in total. The maximum Gasteiger partial charge on any atom is 0.242 e. The molecule has 0 aliphatic rings. The number of hydrogen-bond donors (Lipinski definition) is 2. The first kappa shape index (κ1) is 23.4. The van der Waals surface area contributed by atoms with Gasteiger partial charge in [-0.15, -0.1) is 0 Å². The Balaban J connectivity index is 2.81. The van der Waals surface area contributed by atoms with Crippen LogP contribution >= 0.6 is 0 Å². The van der Waals surface area contributed by atoms with E-state index < -0.39 is 10.0 Å². The van der Waals surface area contributed by atoms with Crippen LogP contribution in [0, 0.1) is 5.41 Å². The molecular formula is C19H34N4O3S. The highest BCUT2D eigenvalue weighted by Gasteiger charge is 2.24. The van der Waals surface area contributed by atoms with E-state index in [0.29, 0.717) is 19.0 Å². The lowest BCUT2D eigenvalue weighted by Crippen LogP contribution is -2.45. The maximum atomic E-state index is 12.1. The molecule has 1 aromatic rings. The van der Waals surface area contributed by atoms with Gasteiger partial charge in [0.2, 0.25) is 10.0 Å². The van der Waals surface area contributed by atoms with Crippen LogP contribution in [0.3, 0.4) is 0 Å². The second-order valence-corrected chi connectivity index (χ2v) is 9.75. The number of sulfonamides is 1. The predicted octanol–water partition coefficient (Wildman–Crippen LogP) is 2.05. The first-order valence-corrected chi connectivity index (χ1v) is 10.5. The first-order valence-electron chi connectivity index (χ1n) is 9.08. The number of aliphatic imine (C=N–C) groups is 1. The minimum Gasteiger partial charge on any atom is -0.379 e. The van der Waals surface area contributed by atoms with Gasteiger partial charge in [0.1, 0.15) is 0 Å². The topological polar surface area (TPSA) is 83.0 Å². The van der Waals surface area contributed by atoms with E-state index in [-0.39, 0.29) is 16.4 Å². The Morgan fingerprint density at radius 1 is 1.19 bits per heavy atom. The Labute approximate surface area is 164 Å². The van der Waals surface area contributed by atoms with Crippen LogP contribution in [0.15, 0.2) is 34.2 Å². The summed E-state index contributed by atoms with van der Waals surface area (Å²) >= 11 is 0. The van der Waals surface area contributed by atoms with E-state index in [1.807, 2.05) is 6.92 Å². The molecule has 0 heterocycles. The van der Waals surface area contributed by atoms with Crippen molar-refractivity contribution in [3.05, 3.63) is 29.8 Å². The highest BCUT2D eigenvalue weighted by atomic mass is 32.2. The molecule has 1 atom stereocenters. The van der Waals surface area contributed by atoms with E-state index >= 15 is 0 Å². The summed E-state index contributed by atoms with van der Waals surface area (Å²) in [7, 11) is 1.34. The lowest BCUT2D eigenvalue weighted by molar-refractivity contribution is 0.0205. The molecule has 0 amide bonds. The Kier molecular flexibility index (Phi) is 8.71. The van der Waals surface area contributed by atoms with Crippen molar-refractivity contribution < 1.29 is 13.2 Å². The third-order valence-corrected chi connectivity index (χ3v) is 6.00. The van der Waals surface area contributed by atoms with Crippen LogP contribution in [0.4, 0.5) is 0 Å². The van der Waals surface area contributed by atoms with Crippen molar-refractivity contribution in [2.24, 2.45) is 10.4 Å². The number of nitrogens with one attached hydrogen (secondary N) is 2. The van der Waals surface area contributed by atoms with Crippen molar-refractivity contribution in [1.29, 1.82) is 0 Å². The summed E-state index contributed by atoms with van der Waals surface area (Å²) in [6.45, 7) is 10.3. The first-order chi connectivity index (χ1) is 12.5. The van der Waals surface area contributed by atoms with Gasteiger partial charge in [0.15, 0.2) is 5.96 Å². The Bertz CT molecular complexity index is 707. The molecule has 0 aliphatic heterocycles. The van der Waals surface area contributed by atoms with Gasteiger partial charge in [0.05, 0.1) is 17.5 Å². The zero-order chi connectivity index (χ0) is 20.7. The Morgan fingerprint density at radius 3 is 2.22 bits per heavy atom. The number of methoxy groups -OCH3 is 1. The molecule has 0 aliphatic carbocycles. The second kappa shape index (κ2) is 10.1. The number of hydrogen-bond acceptors (Lipinski definition) is 4. The van der Waals surface area contributed by atoms with Crippen molar-refractivity contribution in [2.45, 2.75) is 45.2 Å². The fourth-order valence-corrected chi connectivity index (χ4v) is 3.32. The monoisotopic (exact) mass is 398 g/mol. The van der Waals surface area contributed by atoms with Gasteiger partial charge in [-0.2, -0.15) is 0 Å². The summed E-state index contributed by atoms with van der Waals surface area (Å²) in [4.78, 5) is 4.85. The van der Waals surface area contributed by atoms with Crippen molar-refractivity contribution in [2.75, 3.05) is 34.3 Å². The lowest BCUT2D eigenvalue weighted by atomic mass is 9.89. The summed E-state index contributed by atoms with van der Waals surface area (Å²) in [6, 6.07) is 6.80. The van der Waals surface area contributed by atoms with Gasteiger partial charge in [-0.1, -0.05) is 32.9 Å². The number of guanidine groups is 1. The zero-order valence-corrected chi connectivity index (χ0v) is 18.4. The van der Waals surface area contributed by atoms with E-state index in [1.165, 1.54) is 18.4 Å². The largest absolute Gasteiger partial charge is 0.379 e. The molecule has 1 unspecified atom stereocenters. The zero-order valence-electron chi connectivity index (χ0n) is 17.5. The maximum absolute atomic E-state index is 12.1. The number of ether oxygens (including phenoxy) is 1. The minimum atomic E-state index is -3.41. The molecule has 0 aromatic heterocycles. The van der Waals surface area contributed by atoms with Crippen LogP contribution in [-0.2, 0) is 21.3 Å². The molecule has 0 saturated carbocycles. The van der Waals surface area contributed by atoms with Crippen LogP contribution in [0.5, 0.6) is 0 Å². The molecule has 0 spiro atoms. The van der Waals surface area contributed by atoms with Crippen molar-refractivity contribution >= 4 is 16.0 Å². The fourth-order valence-electron chi connectivity index (χ4n) is 2.42. The standard InChI is InChI=1S/C19H34N4O3S/c1-8-20-18(22-14-17(26-7)19(2,3)4)21-13-15-9-11-16(12-10-15)27(24,25)23(5)6/h9-12,17H,8,13-14H2,1-7H3,(H2,20,21,22). The fraction of sp³-hybridized carbons (Fsp3) is 0.632. The van der Waals surface area contributed by atoms with Gasteiger partial charge in [0.25, 0.3) is 0 Å². The highest BCUT2D eigenvalue weighted by Crippen LogP contribution is 2.21. The predicted molar refractivity (Wildman–Crippen MR) is 110 cm³/mol. The van der Waals surface area contributed by atoms with E-state index in [4.69, 9.17) is 4.74 Å². The summed E-state index contributed by atoms with van der Waals surface area (Å²) in [5, 5.41) is 6.53. The van der Waals surface area contributed by atoms with Crippen molar-refractivity contribution in [3.63, 3.8) is 0 Å². The molecule has 27 heavy (non-hydrogen) atoms. The van der Waals surface area contributed by atoms with Crippen molar-refractivity contribution in [3.8, 4) is 0 Å². The average Bonchev–Trinajstić information content (AvgIpc) is 2.59. The third-order valence-electron chi connectivity index (χ3n) is 4.17. The molecule has 0 bridgehead atoms. The molecule has 1 rings (SSSR count). The minimum absolute atomic E-state index is 0.0207. The van der Waals surface area contributed by atoms with Crippen LogP contribution in [0.25, 0.3) is 0 Å². The Hall–Kier alpha value is -1.64. The van der Waals surface area contributed by atoms with Crippen LogP contribution < -0.4 is 10.6 Å². The van der Waals surface area contributed by atoms with Crippen molar-refractivity contribution in [1.82, 2.24) is 14.9 Å². The van der Waals surface area contributed by atoms with Gasteiger partial charge < -0.3 is 15.4 Å². The summed E-state index contributed by atoms with van der Waals surface area (Å²) in [5.41, 5.74) is 0.955. The van der Waals surface area contributed by atoms with Gasteiger partial charge in [-0.25, -0.2) is 17.7 Å². The van der Waals surface area contributed by atoms with Gasteiger partial charge in [-0.05, 0) is 30.0 Å². The van der Waals surface area contributed by atoms with E-state index in [9.17, 15) is 8.42 Å².